The average molecular weight is 309 g/mol. The van der Waals surface area contributed by atoms with Gasteiger partial charge in [-0.2, -0.15) is 0 Å². The molecule has 2 rings (SSSR count). The third-order valence-electron chi connectivity index (χ3n) is 4.08. The van der Waals surface area contributed by atoms with Gasteiger partial charge in [0, 0.05) is 5.56 Å². The van der Waals surface area contributed by atoms with Crippen LogP contribution in [-0.4, -0.2) is 11.2 Å². The zero-order chi connectivity index (χ0) is 15.7. The van der Waals surface area contributed by atoms with Crippen LogP contribution in [0.3, 0.4) is 0 Å². The summed E-state index contributed by atoms with van der Waals surface area (Å²) < 4.78 is 66.7. The fraction of sp³-hybridized carbons (Fsp3) is 0.571. The lowest BCUT2D eigenvalue weighted by molar-refractivity contribution is 0.0590. The first-order valence-electron chi connectivity index (χ1n) is 6.81. The van der Waals surface area contributed by atoms with Crippen molar-refractivity contribution in [1.29, 1.82) is 0 Å². The maximum Gasteiger partial charge on any atom is 0.200 e. The second-order valence-corrected chi connectivity index (χ2v) is 5.40. The molecule has 0 aliphatic heterocycles. The van der Waals surface area contributed by atoms with Crippen molar-refractivity contribution in [1.82, 2.24) is 0 Å². The third kappa shape index (κ3) is 2.89. The van der Waals surface area contributed by atoms with Gasteiger partial charge in [-0.15, -0.1) is 0 Å². The van der Waals surface area contributed by atoms with Crippen molar-refractivity contribution in [3.63, 3.8) is 0 Å². The normalized spacial score (nSPS) is 19.6. The quantitative estimate of drug-likeness (QED) is 0.511. The van der Waals surface area contributed by atoms with E-state index in [4.69, 9.17) is 5.73 Å². The standard InChI is InChI=1S/C14H16F5NO/c15-8-7(9(16)11(18)12(19)10(8)17)13(20)14(21)6-4-2-1-3-5-6/h6,13-14,21H,1-5,20H2/t13-,14+/m0/s1. The Morgan fingerprint density at radius 1 is 0.810 bits per heavy atom. The van der Waals surface area contributed by atoms with E-state index in [9.17, 15) is 27.1 Å². The molecule has 3 N–H and O–H groups in total. The highest BCUT2D eigenvalue weighted by molar-refractivity contribution is 5.27. The van der Waals surface area contributed by atoms with Gasteiger partial charge in [0.05, 0.1) is 12.1 Å². The van der Waals surface area contributed by atoms with Crippen molar-refractivity contribution in [2.45, 2.75) is 44.2 Å². The first-order valence-corrected chi connectivity index (χ1v) is 6.81. The van der Waals surface area contributed by atoms with E-state index in [0.29, 0.717) is 12.8 Å². The van der Waals surface area contributed by atoms with E-state index in [1.165, 1.54) is 0 Å². The molecule has 0 radical (unpaired) electrons. The molecule has 0 heterocycles. The molecule has 0 spiro atoms. The number of aliphatic hydroxyl groups excluding tert-OH is 1. The Morgan fingerprint density at radius 3 is 1.71 bits per heavy atom. The Labute approximate surface area is 118 Å². The van der Waals surface area contributed by atoms with Crippen molar-refractivity contribution in [2.24, 2.45) is 11.7 Å². The fourth-order valence-corrected chi connectivity index (χ4v) is 2.85. The minimum Gasteiger partial charge on any atom is -0.391 e. The van der Waals surface area contributed by atoms with Crippen molar-refractivity contribution in [2.75, 3.05) is 0 Å². The number of rotatable bonds is 3. The highest BCUT2D eigenvalue weighted by Crippen LogP contribution is 2.34. The Balaban J connectivity index is 2.36. The largest absolute Gasteiger partial charge is 0.391 e. The summed E-state index contributed by atoms with van der Waals surface area (Å²) in [5.41, 5.74) is 4.42. The van der Waals surface area contributed by atoms with Gasteiger partial charge >= 0.3 is 0 Å². The first kappa shape index (κ1) is 16.2. The SMILES string of the molecule is N[C@@H](c1c(F)c(F)c(F)c(F)c1F)[C@H](O)C1CCCCC1. The summed E-state index contributed by atoms with van der Waals surface area (Å²) in [6, 6.07) is -1.65. The van der Waals surface area contributed by atoms with E-state index >= 15 is 0 Å². The van der Waals surface area contributed by atoms with Gasteiger partial charge in [0.2, 0.25) is 5.82 Å². The molecule has 1 fully saturated rings. The van der Waals surface area contributed by atoms with Crippen molar-refractivity contribution >= 4 is 0 Å². The summed E-state index contributed by atoms with van der Waals surface area (Å²) in [7, 11) is 0. The number of aliphatic hydroxyl groups is 1. The van der Waals surface area contributed by atoms with E-state index in [-0.39, 0.29) is 5.92 Å². The zero-order valence-electron chi connectivity index (χ0n) is 11.2. The highest BCUT2D eigenvalue weighted by Gasteiger charge is 2.35. The van der Waals surface area contributed by atoms with Crippen LogP contribution in [0.2, 0.25) is 0 Å². The van der Waals surface area contributed by atoms with Crippen LogP contribution < -0.4 is 5.73 Å². The molecule has 0 saturated heterocycles. The smallest absolute Gasteiger partial charge is 0.200 e. The molecule has 0 unspecified atom stereocenters. The molecule has 21 heavy (non-hydrogen) atoms. The molecule has 1 aromatic carbocycles. The molecule has 1 aromatic rings. The van der Waals surface area contributed by atoms with Gasteiger partial charge in [-0.05, 0) is 18.8 Å². The fourth-order valence-electron chi connectivity index (χ4n) is 2.85. The van der Waals surface area contributed by atoms with Crippen LogP contribution >= 0.6 is 0 Å². The predicted molar refractivity (Wildman–Crippen MR) is 65.7 cm³/mol. The Kier molecular flexibility index (Phi) is 4.83. The van der Waals surface area contributed by atoms with Crippen LogP contribution in [0.1, 0.15) is 43.7 Å². The van der Waals surface area contributed by atoms with E-state index in [1.54, 1.807) is 0 Å². The molecule has 2 atom stereocenters. The maximum atomic E-state index is 13.7. The van der Waals surface area contributed by atoms with Gasteiger partial charge in [0.1, 0.15) is 0 Å². The summed E-state index contributed by atoms with van der Waals surface area (Å²) in [6.45, 7) is 0. The van der Waals surface area contributed by atoms with Gasteiger partial charge in [-0.25, -0.2) is 22.0 Å². The number of halogens is 5. The second-order valence-electron chi connectivity index (χ2n) is 5.40. The predicted octanol–water partition coefficient (Wildman–Crippen LogP) is 3.32. The lowest BCUT2D eigenvalue weighted by Crippen LogP contribution is -2.36. The monoisotopic (exact) mass is 309 g/mol. The highest BCUT2D eigenvalue weighted by atomic mass is 19.2. The molecule has 1 saturated carbocycles. The Bertz CT molecular complexity index is 502. The summed E-state index contributed by atoms with van der Waals surface area (Å²) in [5.74, 6) is -10.6. The van der Waals surface area contributed by atoms with Crippen molar-refractivity contribution < 1.29 is 27.1 Å². The molecular weight excluding hydrogens is 293 g/mol. The molecule has 2 nitrogen and oxygen atoms in total. The molecule has 0 amide bonds. The minimum absolute atomic E-state index is 0.302. The first-order chi connectivity index (χ1) is 9.86. The Hall–Kier alpha value is -1.21. The van der Waals surface area contributed by atoms with E-state index in [2.05, 4.69) is 0 Å². The summed E-state index contributed by atoms with van der Waals surface area (Å²) >= 11 is 0. The van der Waals surface area contributed by atoms with Crippen LogP contribution in [0.5, 0.6) is 0 Å². The van der Waals surface area contributed by atoms with Gasteiger partial charge in [0.25, 0.3) is 0 Å². The Morgan fingerprint density at radius 2 is 1.24 bits per heavy atom. The molecule has 0 aromatic heterocycles. The van der Waals surface area contributed by atoms with Crippen LogP contribution in [0.4, 0.5) is 22.0 Å². The maximum absolute atomic E-state index is 13.7. The van der Waals surface area contributed by atoms with E-state index < -0.39 is 46.8 Å². The number of hydrogen-bond acceptors (Lipinski definition) is 2. The molecule has 7 heteroatoms. The van der Waals surface area contributed by atoms with Crippen molar-refractivity contribution in [3.05, 3.63) is 34.6 Å². The van der Waals surface area contributed by atoms with E-state index in [1.807, 2.05) is 0 Å². The number of nitrogens with two attached hydrogens (primary N) is 1. The summed E-state index contributed by atoms with van der Waals surface area (Å²) in [5, 5.41) is 10.1. The van der Waals surface area contributed by atoms with Crippen LogP contribution in [0, 0.1) is 35.0 Å². The molecule has 118 valence electrons. The average Bonchev–Trinajstić information content (AvgIpc) is 2.51. The summed E-state index contributed by atoms with van der Waals surface area (Å²) in [6.07, 6.45) is 2.55. The third-order valence-corrected chi connectivity index (χ3v) is 4.08. The lowest BCUT2D eigenvalue weighted by Gasteiger charge is -2.30. The number of benzene rings is 1. The van der Waals surface area contributed by atoms with E-state index in [0.717, 1.165) is 19.3 Å². The topological polar surface area (TPSA) is 46.2 Å². The van der Waals surface area contributed by atoms with Crippen LogP contribution in [0.25, 0.3) is 0 Å². The van der Waals surface area contributed by atoms with Crippen LogP contribution in [0.15, 0.2) is 0 Å². The molecule has 1 aliphatic carbocycles. The van der Waals surface area contributed by atoms with Crippen LogP contribution in [-0.2, 0) is 0 Å². The minimum atomic E-state index is -2.23. The molecule has 1 aliphatic rings. The zero-order valence-corrected chi connectivity index (χ0v) is 11.2. The van der Waals surface area contributed by atoms with Gasteiger partial charge in [0.15, 0.2) is 23.3 Å². The van der Waals surface area contributed by atoms with Gasteiger partial charge in [-0.3, -0.25) is 0 Å². The molecular formula is C14H16F5NO. The second kappa shape index (κ2) is 6.27. The number of hydrogen-bond donors (Lipinski definition) is 2. The van der Waals surface area contributed by atoms with Gasteiger partial charge < -0.3 is 10.8 Å². The summed E-state index contributed by atoms with van der Waals surface area (Å²) in [4.78, 5) is 0. The van der Waals surface area contributed by atoms with Crippen molar-refractivity contribution in [3.8, 4) is 0 Å². The molecule has 0 bridgehead atoms. The van der Waals surface area contributed by atoms with Gasteiger partial charge in [-0.1, -0.05) is 19.3 Å². The lowest BCUT2D eigenvalue weighted by atomic mass is 9.81.